The van der Waals surface area contributed by atoms with Gasteiger partial charge in [-0.3, -0.25) is 0 Å². The molecule has 19 heavy (non-hydrogen) atoms. The van der Waals surface area contributed by atoms with E-state index in [4.69, 9.17) is 4.74 Å². The summed E-state index contributed by atoms with van der Waals surface area (Å²) in [5.74, 6) is 0. The fourth-order valence-electron chi connectivity index (χ4n) is 1.52. The standard InChI is InChI=1S/C13H18N4OS/c1-9(18-4)12-15-16-13(19-12)14-10-5-7-11(8-6-10)17(2)3/h5-9H,1-4H3,(H,14,16). The van der Waals surface area contributed by atoms with Gasteiger partial charge in [0.05, 0.1) is 0 Å². The molecule has 6 heteroatoms. The third-order valence-electron chi connectivity index (χ3n) is 2.78. The molecule has 0 bridgehead atoms. The Labute approximate surface area is 117 Å². The zero-order valence-electron chi connectivity index (χ0n) is 11.5. The molecule has 1 heterocycles. The SMILES string of the molecule is COC(C)c1nnc(Nc2ccc(N(C)C)cc2)s1. The zero-order chi connectivity index (χ0) is 13.8. The molecule has 0 saturated heterocycles. The van der Waals surface area contributed by atoms with Crippen LogP contribution in [0.3, 0.4) is 0 Å². The van der Waals surface area contributed by atoms with Gasteiger partial charge < -0.3 is 15.0 Å². The van der Waals surface area contributed by atoms with Crippen molar-refractivity contribution in [3.05, 3.63) is 29.3 Å². The molecule has 1 unspecified atom stereocenters. The van der Waals surface area contributed by atoms with Gasteiger partial charge in [-0.15, -0.1) is 10.2 Å². The van der Waals surface area contributed by atoms with Crippen LogP contribution in [-0.2, 0) is 4.74 Å². The van der Waals surface area contributed by atoms with E-state index in [1.54, 1.807) is 7.11 Å². The lowest BCUT2D eigenvalue weighted by Crippen LogP contribution is -2.08. The van der Waals surface area contributed by atoms with Gasteiger partial charge in [0.1, 0.15) is 11.1 Å². The van der Waals surface area contributed by atoms with E-state index < -0.39 is 0 Å². The first-order chi connectivity index (χ1) is 9.10. The van der Waals surface area contributed by atoms with Crippen molar-refractivity contribution in [3.63, 3.8) is 0 Å². The summed E-state index contributed by atoms with van der Waals surface area (Å²) < 4.78 is 5.22. The Morgan fingerprint density at radius 1 is 1.21 bits per heavy atom. The van der Waals surface area contributed by atoms with Crippen molar-refractivity contribution < 1.29 is 4.74 Å². The van der Waals surface area contributed by atoms with Gasteiger partial charge in [-0.1, -0.05) is 11.3 Å². The third kappa shape index (κ3) is 3.42. The average Bonchev–Trinajstić information content (AvgIpc) is 2.87. The van der Waals surface area contributed by atoms with E-state index in [9.17, 15) is 0 Å². The first kappa shape index (κ1) is 13.8. The van der Waals surface area contributed by atoms with Crippen molar-refractivity contribution in [3.8, 4) is 0 Å². The van der Waals surface area contributed by atoms with Crippen molar-refractivity contribution in [2.75, 3.05) is 31.4 Å². The Morgan fingerprint density at radius 3 is 2.47 bits per heavy atom. The summed E-state index contributed by atoms with van der Waals surface area (Å²) in [5, 5.41) is 13.1. The van der Waals surface area contributed by atoms with E-state index in [1.165, 1.54) is 11.3 Å². The van der Waals surface area contributed by atoms with Crippen LogP contribution in [0.1, 0.15) is 18.0 Å². The Balaban J connectivity index is 2.06. The molecule has 0 aliphatic rings. The molecule has 5 nitrogen and oxygen atoms in total. The van der Waals surface area contributed by atoms with Crippen LogP contribution in [0, 0.1) is 0 Å². The van der Waals surface area contributed by atoms with E-state index >= 15 is 0 Å². The number of aromatic nitrogens is 2. The molecule has 0 spiro atoms. The Hall–Kier alpha value is -1.66. The van der Waals surface area contributed by atoms with E-state index in [-0.39, 0.29) is 6.10 Å². The number of benzene rings is 1. The van der Waals surface area contributed by atoms with Crippen LogP contribution in [0.4, 0.5) is 16.5 Å². The second-order valence-electron chi connectivity index (χ2n) is 4.39. The molecule has 1 N–H and O–H groups in total. The van der Waals surface area contributed by atoms with Crippen molar-refractivity contribution in [1.29, 1.82) is 0 Å². The van der Waals surface area contributed by atoms with E-state index in [0.717, 1.165) is 21.5 Å². The van der Waals surface area contributed by atoms with Gasteiger partial charge in [-0.05, 0) is 31.2 Å². The van der Waals surface area contributed by atoms with E-state index in [1.807, 2.05) is 33.2 Å². The van der Waals surface area contributed by atoms with Gasteiger partial charge in [0.15, 0.2) is 0 Å². The summed E-state index contributed by atoms with van der Waals surface area (Å²) in [6.45, 7) is 1.95. The quantitative estimate of drug-likeness (QED) is 0.911. The molecule has 0 saturated carbocycles. The van der Waals surface area contributed by atoms with E-state index in [2.05, 4.69) is 32.5 Å². The maximum atomic E-state index is 5.22. The monoisotopic (exact) mass is 278 g/mol. The largest absolute Gasteiger partial charge is 0.378 e. The Morgan fingerprint density at radius 2 is 1.89 bits per heavy atom. The highest BCUT2D eigenvalue weighted by Crippen LogP contribution is 2.26. The molecule has 0 radical (unpaired) electrons. The summed E-state index contributed by atoms with van der Waals surface area (Å²) in [4.78, 5) is 2.06. The molecule has 0 aliphatic carbocycles. The first-order valence-corrected chi connectivity index (χ1v) is 6.82. The first-order valence-electron chi connectivity index (χ1n) is 6.00. The maximum absolute atomic E-state index is 5.22. The predicted molar refractivity (Wildman–Crippen MR) is 79.4 cm³/mol. The summed E-state index contributed by atoms with van der Waals surface area (Å²) in [7, 11) is 5.70. The minimum Gasteiger partial charge on any atom is -0.378 e. The van der Waals surface area contributed by atoms with E-state index in [0.29, 0.717) is 0 Å². The van der Waals surface area contributed by atoms with Crippen LogP contribution in [0.2, 0.25) is 0 Å². The molecule has 1 atom stereocenters. The molecule has 0 fully saturated rings. The smallest absolute Gasteiger partial charge is 0.210 e. The van der Waals surface area contributed by atoms with Gasteiger partial charge in [0.2, 0.25) is 5.13 Å². The lowest BCUT2D eigenvalue weighted by atomic mass is 10.3. The number of methoxy groups -OCH3 is 1. The lowest BCUT2D eigenvalue weighted by molar-refractivity contribution is 0.118. The average molecular weight is 278 g/mol. The predicted octanol–water partition coefficient (Wildman–Crippen LogP) is 3.06. The molecule has 0 amide bonds. The fraction of sp³-hybridized carbons (Fsp3) is 0.385. The molecule has 102 valence electrons. The van der Waals surface area contributed by atoms with Gasteiger partial charge in [0, 0.05) is 32.6 Å². The van der Waals surface area contributed by atoms with Crippen LogP contribution in [0.15, 0.2) is 24.3 Å². The maximum Gasteiger partial charge on any atom is 0.210 e. The summed E-state index contributed by atoms with van der Waals surface area (Å²) >= 11 is 1.50. The van der Waals surface area contributed by atoms with Crippen molar-refractivity contribution in [2.24, 2.45) is 0 Å². The summed E-state index contributed by atoms with van der Waals surface area (Å²) in [5.41, 5.74) is 2.16. The van der Waals surface area contributed by atoms with Crippen LogP contribution in [0.25, 0.3) is 0 Å². The summed E-state index contributed by atoms with van der Waals surface area (Å²) in [6.07, 6.45) is -0.0239. The van der Waals surface area contributed by atoms with Gasteiger partial charge in [-0.25, -0.2) is 0 Å². The lowest BCUT2D eigenvalue weighted by Gasteiger charge is -2.12. The Bertz CT molecular complexity index is 524. The molecule has 2 aromatic rings. The van der Waals surface area contributed by atoms with Crippen LogP contribution in [0.5, 0.6) is 0 Å². The molecular weight excluding hydrogens is 260 g/mol. The highest BCUT2D eigenvalue weighted by atomic mass is 32.1. The number of ether oxygens (including phenoxy) is 1. The van der Waals surface area contributed by atoms with Crippen molar-refractivity contribution in [2.45, 2.75) is 13.0 Å². The van der Waals surface area contributed by atoms with Crippen LogP contribution >= 0.6 is 11.3 Å². The normalized spacial score (nSPS) is 12.2. The Kier molecular flexibility index (Phi) is 4.34. The van der Waals surface area contributed by atoms with Crippen LogP contribution < -0.4 is 10.2 Å². The number of nitrogens with one attached hydrogen (secondary N) is 1. The minimum atomic E-state index is -0.0239. The highest BCUT2D eigenvalue weighted by Gasteiger charge is 2.11. The van der Waals surface area contributed by atoms with Crippen LogP contribution in [-0.4, -0.2) is 31.4 Å². The zero-order valence-corrected chi connectivity index (χ0v) is 12.4. The number of rotatable bonds is 5. The number of anilines is 3. The molecule has 0 aliphatic heterocycles. The molecular formula is C13H18N4OS. The highest BCUT2D eigenvalue weighted by molar-refractivity contribution is 7.15. The second kappa shape index (κ2) is 5.99. The minimum absolute atomic E-state index is 0.0239. The third-order valence-corrected chi connectivity index (χ3v) is 3.78. The molecule has 2 rings (SSSR count). The molecule has 1 aromatic carbocycles. The van der Waals surface area contributed by atoms with Gasteiger partial charge in [0.25, 0.3) is 0 Å². The van der Waals surface area contributed by atoms with Crippen molar-refractivity contribution >= 4 is 27.8 Å². The van der Waals surface area contributed by atoms with Crippen molar-refractivity contribution in [1.82, 2.24) is 10.2 Å². The molecule has 1 aromatic heterocycles. The second-order valence-corrected chi connectivity index (χ2v) is 5.40. The summed E-state index contributed by atoms with van der Waals surface area (Å²) in [6, 6.07) is 8.16. The van der Waals surface area contributed by atoms with Gasteiger partial charge in [-0.2, -0.15) is 0 Å². The van der Waals surface area contributed by atoms with Gasteiger partial charge >= 0.3 is 0 Å². The fourth-order valence-corrected chi connectivity index (χ4v) is 2.31. The number of hydrogen-bond donors (Lipinski definition) is 1. The number of nitrogens with zero attached hydrogens (tertiary/aromatic N) is 3. The number of hydrogen-bond acceptors (Lipinski definition) is 6. The topological polar surface area (TPSA) is 50.3 Å².